The van der Waals surface area contributed by atoms with E-state index in [2.05, 4.69) is 10.1 Å². The van der Waals surface area contributed by atoms with Gasteiger partial charge in [-0.1, -0.05) is 0 Å². The summed E-state index contributed by atoms with van der Waals surface area (Å²) in [5.41, 5.74) is 0.509. The van der Waals surface area contributed by atoms with Gasteiger partial charge in [0.2, 0.25) is 5.91 Å². The summed E-state index contributed by atoms with van der Waals surface area (Å²) in [7, 11) is 1.81. The molecule has 1 amide bonds. The zero-order valence-electron chi connectivity index (χ0n) is 12.8. The van der Waals surface area contributed by atoms with Crippen molar-refractivity contribution in [2.24, 2.45) is 0 Å². The number of halogens is 2. The van der Waals surface area contributed by atoms with E-state index >= 15 is 0 Å². The summed E-state index contributed by atoms with van der Waals surface area (Å²) in [5.74, 6) is 0.600. The van der Waals surface area contributed by atoms with Crippen molar-refractivity contribution in [3.8, 4) is 5.75 Å². The number of amides is 1. The Morgan fingerprint density at radius 2 is 2.00 bits per heavy atom. The number of carbonyl (C=O) groups excluding carboxylic acids is 1. The molecule has 0 radical (unpaired) electrons. The molecule has 1 atom stereocenters. The smallest absolute Gasteiger partial charge is 0.387 e. The van der Waals surface area contributed by atoms with Gasteiger partial charge in [0.1, 0.15) is 11.5 Å². The lowest BCUT2D eigenvalue weighted by Crippen LogP contribution is -2.39. The molecule has 0 saturated heterocycles. The SMILES string of the molecule is CC(C(=O)Nc1ccc(OC(F)F)cc1)N(C)Cc1ccco1. The Labute approximate surface area is 132 Å². The van der Waals surface area contributed by atoms with Crippen LogP contribution in [0.2, 0.25) is 0 Å². The molecule has 1 N–H and O–H groups in total. The van der Waals surface area contributed by atoms with E-state index in [0.717, 1.165) is 5.76 Å². The molecule has 0 bridgehead atoms. The summed E-state index contributed by atoms with van der Waals surface area (Å²) in [5, 5.41) is 2.73. The van der Waals surface area contributed by atoms with Crippen LogP contribution in [-0.2, 0) is 11.3 Å². The second-order valence-corrected chi connectivity index (χ2v) is 5.06. The minimum Gasteiger partial charge on any atom is -0.468 e. The van der Waals surface area contributed by atoms with Gasteiger partial charge in [-0.25, -0.2) is 0 Å². The van der Waals surface area contributed by atoms with Crippen molar-refractivity contribution in [2.45, 2.75) is 26.1 Å². The second kappa shape index (κ2) is 7.73. The molecule has 1 heterocycles. The Morgan fingerprint density at radius 3 is 2.57 bits per heavy atom. The van der Waals surface area contributed by atoms with Gasteiger partial charge >= 0.3 is 6.61 Å². The molecule has 124 valence electrons. The Balaban J connectivity index is 1.89. The van der Waals surface area contributed by atoms with E-state index in [1.54, 1.807) is 19.3 Å². The van der Waals surface area contributed by atoms with Crippen LogP contribution in [0.4, 0.5) is 14.5 Å². The molecule has 0 aliphatic heterocycles. The molecule has 23 heavy (non-hydrogen) atoms. The molecule has 2 aromatic rings. The van der Waals surface area contributed by atoms with Crippen LogP contribution in [0.15, 0.2) is 47.1 Å². The van der Waals surface area contributed by atoms with Gasteiger partial charge in [0.25, 0.3) is 0 Å². The summed E-state index contributed by atoms with van der Waals surface area (Å²) >= 11 is 0. The zero-order valence-corrected chi connectivity index (χ0v) is 12.8. The van der Waals surface area contributed by atoms with E-state index in [9.17, 15) is 13.6 Å². The fraction of sp³-hybridized carbons (Fsp3) is 0.312. The maximum atomic E-state index is 12.2. The minimum atomic E-state index is -2.87. The van der Waals surface area contributed by atoms with Crippen LogP contribution in [-0.4, -0.2) is 30.5 Å². The monoisotopic (exact) mass is 324 g/mol. The Morgan fingerprint density at radius 1 is 1.30 bits per heavy atom. The third-order valence-corrected chi connectivity index (χ3v) is 3.37. The summed E-state index contributed by atoms with van der Waals surface area (Å²) in [6.45, 7) is -0.597. The number of benzene rings is 1. The minimum absolute atomic E-state index is 0.0426. The third kappa shape index (κ3) is 5.07. The predicted octanol–water partition coefficient (Wildman–Crippen LogP) is 3.34. The van der Waals surface area contributed by atoms with Crippen molar-refractivity contribution in [1.82, 2.24) is 4.90 Å². The van der Waals surface area contributed by atoms with E-state index in [1.807, 2.05) is 18.0 Å². The molecule has 1 unspecified atom stereocenters. The largest absolute Gasteiger partial charge is 0.468 e. The van der Waals surface area contributed by atoms with Gasteiger partial charge in [0.05, 0.1) is 18.8 Å². The van der Waals surface area contributed by atoms with Crippen LogP contribution >= 0.6 is 0 Å². The molecule has 0 aliphatic carbocycles. The molecule has 1 aromatic heterocycles. The maximum absolute atomic E-state index is 12.2. The van der Waals surface area contributed by atoms with Crippen molar-refractivity contribution in [3.05, 3.63) is 48.4 Å². The summed E-state index contributed by atoms with van der Waals surface area (Å²) in [4.78, 5) is 14.0. The van der Waals surface area contributed by atoms with Gasteiger partial charge in [0.15, 0.2) is 0 Å². The number of hydrogen-bond donors (Lipinski definition) is 1. The van der Waals surface area contributed by atoms with Crippen LogP contribution in [0.1, 0.15) is 12.7 Å². The normalized spacial score (nSPS) is 12.4. The lowest BCUT2D eigenvalue weighted by atomic mass is 10.2. The Kier molecular flexibility index (Phi) is 5.70. The fourth-order valence-corrected chi connectivity index (χ4v) is 1.95. The first-order chi connectivity index (χ1) is 11.0. The molecule has 2 rings (SSSR count). The maximum Gasteiger partial charge on any atom is 0.387 e. The highest BCUT2D eigenvalue weighted by Crippen LogP contribution is 2.18. The van der Waals surface area contributed by atoms with Gasteiger partial charge < -0.3 is 14.5 Å². The number of rotatable bonds is 7. The summed E-state index contributed by atoms with van der Waals surface area (Å²) < 4.78 is 33.7. The van der Waals surface area contributed by atoms with Crippen molar-refractivity contribution in [3.63, 3.8) is 0 Å². The number of anilines is 1. The van der Waals surface area contributed by atoms with Crippen LogP contribution in [0.5, 0.6) is 5.75 Å². The average molecular weight is 324 g/mol. The molecule has 0 saturated carbocycles. The lowest BCUT2D eigenvalue weighted by Gasteiger charge is -2.22. The predicted molar refractivity (Wildman–Crippen MR) is 81.3 cm³/mol. The highest BCUT2D eigenvalue weighted by atomic mass is 19.3. The van der Waals surface area contributed by atoms with E-state index < -0.39 is 12.7 Å². The standard InChI is InChI=1S/C16H18F2N2O3/c1-11(20(2)10-14-4-3-9-22-14)15(21)19-12-5-7-13(8-6-12)23-16(17)18/h3-9,11,16H,10H2,1-2H3,(H,19,21). The number of likely N-dealkylation sites (N-methyl/N-ethyl adjacent to an activating group) is 1. The first kappa shape index (κ1) is 17.0. The number of nitrogens with one attached hydrogen (secondary N) is 1. The van der Waals surface area contributed by atoms with Crippen LogP contribution < -0.4 is 10.1 Å². The number of carbonyl (C=O) groups is 1. The molecule has 7 heteroatoms. The molecule has 0 aliphatic rings. The first-order valence-electron chi connectivity index (χ1n) is 7.04. The van der Waals surface area contributed by atoms with Crippen molar-refractivity contribution in [1.29, 1.82) is 0 Å². The van der Waals surface area contributed by atoms with Gasteiger partial charge in [-0.15, -0.1) is 0 Å². The van der Waals surface area contributed by atoms with E-state index in [0.29, 0.717) is 12.2 Å². The number of hydrogen-bond acceptors (Lipinski definition) is 4. The number of furan rings is 1. The van der Waals surface area contributed by atoms with Gasteiger partial charge in [-0.2, -0.15) is 8.78 Å². The van der Waals surface area contributed by atoms with Crippen molar-refractivity contribution in [2.75, 3.05) is 12.4 Å². The number of ether oxygens (including phenoxy) is 1. The molecular formula is C16H18F2N2O3. The van der Waals surface area contributed by atoms with Crippen LogP contribution in [0, 0.1) is 0 Å². The van der Waals surface area contributed by atoms with Crippen molar-refractivity contribution >= 4 is 11.6 Å². The highest BCUT2D eigenvalue weighted by molar-refractivity contribution is 5.94. The van der Waals surface area contributed by atoms with Gasteiger partial charge in [0, 0.05) is 5.69 Å². The fourth-order valence-electron chi connectivity index (χ4n) is 1.95. The topological polar surface area (TPSA) is 54.7 Å². The number of alkyl halides is 2. The molecule has 0 spiro atoms. The molecule has 5 nitrogen and oxygen atoms in total. The third-order valence-electron chi connectivity index (χ3n) is 3.37. The van der Waals surface area contributed by atoms with Gasteiger partial charge in [-0.05, 0) is 50.4 Å². The summed E-state index contributed by atoms with van der Waals surface area (Å²) in [6.07, 6.45) is 1.58. The first-order valence-corrected chi connectivity index (χ1v) is 7.04. The average Bonchev–Trinajstić information content (AvgIpc) is 3.00. The Hall–Kier alpha value is -2.41. The summed E-state index contributed by atoms with van der Waals surface area (Å²) in [6, 6.07) is 9.00. The van der Waals surface area contributed by atoms with E-state index in [-0.39, 0.29) is 11.7 Å². The van der Waals surface area contributed by atoms with Crippen LogP contribution in [0.25, 0.3) is 0 Å². The quantitative estimate of drug-likeness (QED) is 0.849. The molecule has 0 fully saturated rings. The molecule has 1 aromatic carbocycles. The van der Waals surface area contributed by atoms with Gasteiger partial charge in [-0.3, -0.25) is 9.69 Å². The highest BCUT2D eigenvalue weighted by Gasteiger charge is 2.19. The van der Waals surface area contributed by atoms with Crippen molar-refractivity contribution < 1.29 is 22.7 Å². The number of nitrogens with zero attached hydrogens (tertiary/aromatic N) is 1. The van der Waals surface area contributed by atoms with E-state index in [1.165, 1.54) is 24.3 Å². The van der Waals surface area contributed by atoms with E-state index in [4.69, 9.17) is 4.42 Å². The second-order valence-electron chi connectivity index (χ2n) is 5.06. The molecular weight excluding hydrogens is 306 g/mol. The van der Waals surface area contributed by atoms with Crippen LogP contribution in [0.3, 0.4) is 0 Å². The Bertz CT molecular complexity index is 615. The zero-order chi connectivity index (χ0) is 16.8. The lowest BCUT2D eigenvalue weighted by molar-refractivity contribution is -0.120.